The summed E-state index contributed by atoms with van der Waals surface area (Å²) in [5, 5.41) is 10.3. The van der Waals surface area contributed by atoms with E-state index in [9.17, 15) is 18.3 Å². The molecule has 2 aromatic heterocycles. The van der Waals surface area contributed by atoms with Gasteiger partial charge in [0.05, 0.1) is 6.10 Å². The van der Waals surface area contributed by atoms with Crippen LogP contribution in [0.4, 0.5) is 13.2 Å². The Bertz CT molecular complexity index is 635. The summed E-state index contributed by atoms with van der Waals surface area (Å²) in [7, 11) is 0. The Morgan fingerprint density at radius 3 is 2.44 bits per heavy atom. The van der Waals surface area contributed by atoms with Gasteiger partial charge in [-0.25, -0.2) is 9.97 Å². The molecule has 0 radical (unpaired) electrons. The van der Waals surface area contributed by atoms with E-state index in [-0.39, 0.29) is 0 Å². The number of nitrogens with zero attached hydrogens (tertiary/aromatic N) is 4. The summed E-state index contributed by atoms with van der Waals surface area (Å²) in [6, 6.07) is 3.58. The number of aliphatic hydroxyl groups excluding tert-OH is 1. The van der Waals surface area contributed by atoms with Crippen molar-refractivity contribution in [3.8, 4) is 0 Å². The van der Waals surface area contributed by atoms with Gasteiger partial charge in [0.15, 0.2) is 0 Å². The van der Waals surface area contributed by atoms with Gasteiger partial charge in [-0.15, -0.1) is 0 Å². The van der Waals surface area contributed by atoms with Crippen LogP contribution in [0.25, 0.3) is 0 Å². The second kappa shape index (κ2) is 8.87. The van der Waals surface area contributed by atoms with Crippen molar-refractivity contribution in [1.82, 2.24) is 19.9 Å². The van der Waals surface area contributed by atoms with Crippen LogP contribution >= 0.6 is 0 Å². The number of halogens is 3. The Labute approximate surface area is 144 Å². The fourth-order valence-electron chi connectivity index (χ4n) is 2.45. The van der Waals surface area contributed by atoms with Crippen LogP contribution in [0, 0.1) is 0 Å². The van der Waals surface area contributed by atoms with Gasteiger partial charge in [-0.05, 0) is 31.0 Å². The Hall–Kier alpha value is -2.06. The second-order valence-corrected chi connectivity index (χ2v) is 5.77. The zero-order chi connectivity index (χ0) is 18.3. The SMILES string of the molecule is CCCN(CCc1cnc(C(F)(F)F)nc1)CC(O)c1cccnc1. The zero-order valence-corrected chi connectivity index (χ0v) is 13.9. The van der Waals surface area contributed by atoms with E-state index in [0.717, 1.165) is 18.5 Å². The van der Waals surface area contributed by atoms with Gasteiger partial charge in [-0.3, -0.25) is 4.98 Å². The fourth-order valence-corrected chi connectivity index (χ4v) is 2.45. The summed E-state index contributed by atoms with van der Waals surface area (Å²) in [6.07, 6.45) is 1.91. The number of hydrogen-bond acceptors (Lipinski definition) is 5. The Morgan fingerprint density at radius 1 is 1.16 bits per heavy atom. The first-order valence-corrected chi connectivity index (χ1v) is 8.08. The maximum absolute atomic E-state index is 12.5. The number of pyridine rings is 1. The number of aromatic nitrogens is 3. The minimum absolute atomic E-state index is 0.432. The van der Waals surface area contributed by atoms with Gasteiger partial charge >= 0.3 is 6.18 Å². The molecule has 0 aromatic carbocycles. The van der Waals surface area contributed by atoms with Crippen molar-refractivity contribution in [2.45, 2.75) is 32.0 Å². The van der Waals surface area contributed by atoms with Crippen molar-refractivity contribution < 1.29 is 18.3 Å². The van der Waals surface area contributed by atoms with Crippen LogP contribution in [0.15, 0.2) is 36.9 Å². The van der Waals surface area contributed by atoms with Crippen molar-refractivity contribution in [2.75, 3.05) is 19.6 Å². The first-order chi connectivity index (χ1) is 11.9. The van der Waals surface area contributed by atoms with Crippen molar-refractivity contribution in [2.24, 2.45) is 0 Å². The third kappa shape index (κ3) is 6.06. The Kier molecular flexibility index (Phi) is 6.83. The van der Waals surface area contributed by atoms with E-state index in [4.69, 9.17) is 0 Å². The molecular formula is C17H21F3N4O. The van der Waals surface area contributed by atoms with Crippen molar-refractivity contribution in [3.05, 3.63) is 53.9 Å². The summed E-state index contributed by atoms with van der Waals surface area (Å²) in [6.45, 7) is 3.84. The van der Waals surface area contributed by atoms with E-state index in [1.54, 1.807) is 18.5 Å². The highest BCUT2D eigenvalue weighted by Crippen LogP contribution is 2.25. The fraction of sp³-hybridized carbons (Fsp3) is 0.471. The predicted octanol–water partition coefficient (Wildman–Crippen LogP) is 2.88. The zero-order valence-electron chi connectivity index (χ0n) is 13.9. The molecule has 0 fully saturated rings. The predicted molar refractivity (Wildman–Crippen MR) is 86.7 cm³/mol. The molecule has 0 bridgehead atoms. The monoisotopic (exact) mass is 354 g/mol. The largest absolute Gasteiger partial charge is 0.451 e. The van der Waals surface area contributed by atoms with Gasteiger partial charge < -0.3 is 10.0 Å². The highest BCUT2D eigenvalue weighted by molar-refractivity contribution is 5.12. The standard InChI is InChI=1S/C17H21F3N4O/c1-2-7-24(12-15(25)14-4-3-6-21-11-14)8-5-13-9-22-16(23-10-13)17(18,19)20/h3-4,6,9-11,15,25H,2,5,7-8,12H2,1H3. The molecule has 1 N–H and O–H groups in total. The van der Waals surface area contributed by atoms with E-state index in [2.05, 4.69) is 19.9 Å². The lowest BCUT2D eigenvalue weighted by Crippen LogP contribution is -2.31. The minimum Gasteiger partial charge on any atom is -0.387 e. The Balaban J connectivity index is 1.93. The second-order valence-electron chi connectivity index (χ2n) is 5.77. The molecule has 8 heteroatoms. The Morgan fingerprint density at radius 2 is 1.88 bits per heavy atom. The first-order valence-electron chi connectivity index (χ1n) is 8.08. The maximum Gasteiger partial charge on any atom is 0.451 e. The van der Waals surface area contributed by atoms with Gasteiger partial charge in [-0.1, -0.05) is 13.0 Å². The van der Waals surface area contributed by atoms with E-state index in [0.29, 0.717) is 25.1 Å². The molecule has 0 aliphatic rings. The van der Waals surface area contributed by atoms with E-state index >= 15 is 0 Å². The highest BCUT2D eigenvalue weighted by Gasteiger charge is 2.34. The van der Waals surface area contributed by atoms with Gasteiger partial charge in [0.25, 0.3) is 0 Å². The third-order valence-electron chi connectivity index (χ3n) is 3.72. The molecular weight excluding hydrogens is 333 g/mol. The van der Waals surface area contributed by atoms with Crippen LogP contribution in [0.3, 0.4) is 0 Å². The molecule has 0 aliphatic carbocycles. The molecule has 0 saturated heterocycles. The molecule has 0 amide bonds. The summed E-state index contributed by atoms with van der Waals surface area (Å²) >= 11 is 0. The minimum atomic E-state index is -4.53. The highest BCUT2D eigenvalue weighted by atomic mass is 19.4. The number of hydrogen-bond donors (Lipinski definition) is 1. The van der Waals surface area contributed by atoms with E-state index < -0.39 is 18.1 Å². The topological polar surface area (TPSA) is 62.1 Å². The average molecular weight is 354 g/mol. The molecule has 136 valence electrons. The van der Waals surface area contributed by atoms with Crippen LogP contribution in [-0.4, -0.2) is 44.6 Å². The normalized spacial score (nSPS) is 13.2. The molecule has 25 heavy (non-hydrogen) atoms. The molecule has 0 saturated carbocycles. The quantitative estimate of drug-likeness (QED) is 0.790. The van der Waals surface area contributed by atoms with Gasteiger partial charge in [-0.2, -0.15) is 13.2 Å². The molecule has 1 atom stereocenters. The first kappa shape index (κ1) is 19.3. The van der Waals surface area contributed by atoms with Crippen molar-refractivity contribution in [3.63, 3.8) is 0 Å². The van der Waals surface area contributed by atoms with Gasteiger partial charge in [0.2, 0.25) is 5.82 Å². The molecule has 0 aliphatic heterocycles. The average Bonchev–Trinajstić information content (AvgIpc) is 2.60. The number of rotatable bonds is 8. The van der Waals surface area contributed by atoms with E-state index in [1.165, 1.54) is 12.4 Å². The lowest BCUT2D eigenvalue weighted by Gasteiger charge is -2.24. The van der Waals surface area contributed by atoms with Crippen molar-refractivity contribution in [1.29, 1.82) is 0 Å². The number of aliphatic hydroxyl groups is 1. The van der Waals surface area contributed by atoms with Crippen LogP contribution in [0.5, 0.6) is 0 Å². The summed E-state index contributed by atoms with van der Waals surface area (Å²) in [5.74, 6) is -1.13. The third-order valence-corrected chi connectivity index (χ3v) is 3.72. The summed E-state index contributed by atoms with van der Waals surface area (Å²) in [4.78, 5) is 12.8. The smallest absolute Gasteiger partial charge is 0.387 e. The maximum atomic E-state index is 12.5. The summed E-state index contributed by atoms with van der Waals surface area (Å²) < 4.78 is 37.4. The van der Waals surface area contributed by atoms with Crippen LogP contribution in [-0.2, 0) is 12.6 Å². The molecule has 1 unspecified atom stereocenters. The summed E-state index contributed by atoms with van der Waals surface area (Å²) in [5.41, 5.74) is 1.37. The molecule has 2 rings (SSSR count). The van der Waals surface area contributed by atoms with Crippen LogP contribution < -0.4 is 0 Å². The lowest BCUT2D eigenvalue weighted by molar-refractivity contribution is -0.145. The van der Waals surface area contributed by atoms with E-state index in [1.807, 2.05) is 13.0 Å². The van der Waals surface area contributed by atoms with Gasteiger partial charge in [0.1, 0.15) is 0 Å². The number of alkyl halides is 3. The van der Waals surface area contributed by atoms with Crippen molar-refractivity contribution >= 4 is 0 Å². The molecule has 0 spiro atoms. The van der Waals surface area contributed by atoms with Crippen LogP contribution in [0.1, 0.15) is 36.4 Å². The van der Waals surface area contributed by atoms with Gasteiger partial charge in [0, 0.05) is 43.4 Å². The molecule has 5 nitrogen and oxygen atoms in total. The van der Waals surface area contributed by atoms with Crippen LogP contribution in [0.2, 0.25) is 0 Å². The lowest BCUT2D eigenvalue weighted by atomic mass is 10.1. The molecule has 2 heterocycles. The molecule has 2 aromatic rings.